The zero-order valence-corrected chi connectivity index (χ0v) is 95.8. The number of anilines is 4. The fourth-order valence-corrected chi connectivity index (χ4v) is 28.0. The number of hydrogen-bond acceptors (Lipinski definition) is 23. The summed E-state index contributed by atoms with van der Waals surface area (Å²) in [5, 5.41) is -1.19. The van der Waals surface area contributed by atoms with E-state index in [1.54, 1.807) is 86.3 Å². The second-order valence-electron chi connectivity index (χ2n) is 44.3. The van der Waals surface area contributed by atoms with Crippen molar-refractivity contribution in [3.05, 3.63) is 152 Å². The summed E-state index contributed by atoms with van der Waals surface area (Å²) in [6, 6.07) is 23.8. The molecule has 836 valence electrons. The first kappa shape index (κ1) is 123. The largest absolute Gasteiger partial charge is 0.372 e. The molecular weight excluding hydrogens is 2040 g/mol. The van der Waals surface area contributed by atoms with Gasteiger partial charge in [0.05, 0.1) is 147 Å². The highest BCUT2D eigenvalue weighted by Gasteiger charge is 2.38. The normalized spacial score (nSPS) is 22.3. The Balaban J connectivity index is 0.000000191. The highest BCUT2D eigenvalue weighted by atomic mass is 35.5. The maximum atomic E-state index is 14.8. The molecule has 0 aromatic heterocycles. The maximum absolute atomic E-state index is 14.8. The topological polar surface area (TPSA) is 322 Å². The van der Waals surface area contributed by atoms with Crippen molar-refractivity contribution in [2.45, 2.75) is 303 Å². The van der Waals surface area contributed by atoms with Crippen LogP contribution in [0.3, 0.4) is 0 Å². The maximum Gasteiger partial charge on any atom is 0.227 e. The zero-order chi connectivity index (χ0) is 110. The van der Waals surface area contributed by atoms with Crippen molar-refractivity contribution < 1.29 is 107 Å². The van der Waals surface area contributed by atoms with Crippen LogP contribution in [0.1, 0.15) is 222 Å². The third kappa shape index (κ3) is 36.7. The minimum absolute atomic E-state index is 0.00329. The molecule has 0 radical (unpaired) electrons. The number of morpholine rings is 4. The molecule has 0 bridgehead atoms. The smallest absolute Gasteiger partial charge is 0.227 e. The van der Waals surface area contributed by atoms with Gasteiger partial charge in [-0.1, -0.05) is 41.9 Å². The van der Waals surface area contributed by atoms with E-state index in [0.29, 0.717) is 154 Å². The van der Waals surface area contributed by atoms with E-state index >= 15 is 0 Å². The summed E-state index contributed by atoms with van der Waals surface area (Å²) in [5.41, 5.74) is 7.85. The predicted octanol–water partition coefficient (Wildman–Crippen LogP) is 15.6. The van der Waals surface area contributed by atoms with Crippen LogP contribution in [0, 0.1) is 65.6 Å². The second kappa shape index (κ2) is 55.0. The number of halogens is 6. The summed E-state index contributed by atoms with van der Waals surface area (Å²) in [4.78, 5) is 81.2. The number of benzene rings is 5. The average molecular weight is 2210 g/mol. The molecule has 9 saturated heterocycles. The van der Waals surface area contributed by atoms with Crippen LogP contribution in [-0.2, 0) is 124 Å². The van der Waals surface area contributed by atoms with Crippen LogP contribution in [0.4, 0.5) is 44.7 Å². The van der Waals surface area contributed by atoms with Crippen LogP contribution in [0.25, 0.3) is 0 Å². The summed E-state index contributed by atoms with van der Waals surface area (Å²) in [6.07, 6.45) is 8.45. The van der Waals surface area contributed by atoms with E-state index in [-0.39, 0.29) is 194 Å². The van der Waals surface area contributed by atoms with Gasteiger partial charge in [-0.25, -0.2) is 64.0 Å². The van der Waals surface area contributed by atoms with Gasteiger partial charge in [-0.15, -0.1) is 0 Å². The SMILES string of the molecule is CC(C)S(=O)(=O)CC1CCN(C(=O)Cc2ccc(F)c(F)c2F)CC1.CC(C)S(=O)(=O)CC1CCN(C(=O)Cc2ccc(F)cc2N2C[C@@H](C)O[C@@H](C)C2)CC1.CC(C)S(=O)(=O)CC1CCN(C(=O)Cc2ccc(N3C[C@@H](C)O[C@@H](C)C3)c(Cl)c2)CC1.CC(C)S(=O)(=O)CC1CCN(C(=O)Cc2ccc(N3C[C@@H](C)O[C@@H](C)C3)cc2F)CC1.Cc1cc(N2C[C@@H](C)O[C@@H](C)C2)ccc1CC(=O)N1CCC(CS(=O)(=O)C(C)C)CC1. The first-order chi connectivity index (χ1) is 69.8. The van der Waals surface area contributed by atoms with Gasteiger partial charge in [0.2, 0.25) is 29.5 Å². The van der Waals surface area contributed by atoms with Crippen LogP contribution in [-0.4, -0.2) is 318 Å². The van der Waals surface area contributed by atoms with E-state index in [9.17, 15) is 88.0 Å². The van der Waals surface area contributed by atoms with E-state index in [0.717, 1.165) is 103 Å². The molecule has 0 spiro atoms. The van der Waals surface area contributed by atoms with Gasteiger partial charge in [0.15, 0.2) is 66.6 Å². The Bertz CT molecular complexity index is 5730. The molecule has 39 heteroatoms. The van der Waals surface area contributed by atoms with Crippen molar-refractivity contribution in [1.29, 1.82) is 0 Å². The first-order valence-electron chi connectivity index (χ1n) is 53.5. The van der Waals surface area contributed by atoms with E-state index in [1.807, 2.05) is 66.7 Å². The van der Waals surface area contributed by atoms with Gasteiger partial charge >= 0.3 is 0 Å². The number of nitrogens with zero attached hydrogens (tertiary/aromatic N) is 9. The van der Waals surface area contributed by atoms with Crippen molar-refractivity contribution in [3.8, 4) is 0 Å². The monoisotopic (exact) mass is 2210 g/mol. The minimum Gasteiger partial charge on any atom is -0.372 e. The quantitative estimate of drug-likeness (QED) is 0.0317. The molecule has 14 rings (SSSR count). The summed E-state index contributed by atoms with van der Waals surface area (Å²) in [7, 11) is -15.3. The summed E-state index contributed by atoms with van der Waals surface area (Å²) in [5.74, 6) is -3.72. The lowest BCUT2D eigenvalue weighted by Crippen LogP contribution is -2.46. The third-order valence-corrected chi connectivity index (χ3v) is 42.3. The molecule has 0 aliphatic carbocycles. The Morgan fingerprint density at radius 2 is 0.570 bits per heavy atom. The van der Waals surface area contributed by atoms with Gasteiger partial charge in [0, 0.05) is 140 Å². The molecule has 9 fully saturated rings. The Morgan fingerprint density at radius 3 is 0.879 bits per heavy atom. The van der Waals surface area contributed by atoms with Crippen molar-refractivity contribution in [2.24, 2.45) is 29.6 Å². The molecule has 28 nitrogen and oxygen atoms in total. The summed E-state index contributed by atoms with van der Waals surface area (Å²) in [6.45, 7) is 47.0. The molecule has 9 aliphatic rings. The Morgan fingerprint density at radius 1 is 0.302 bits per heavy atom. The molecule has 0 unspecified atom stereocenters. The van der Waals surface area contributed by atoms with Gasteiger partial charge < -0.3 is 63.0 Å². The standard InChI is InChI=1S/C24H38N2O4S.C23H35ClN2O4S.2C23H35FN2O4S.C17H22F3NO3S/c1-17(2)31(28,29)16-21-8-10-25(11-9-21)24(27)13-22-6-7-23(12-18(22)3)26-14-19(4)30-20(5)15-26;1-16(2)31(28,29)15-19-7-9-25(10-8-19)23(27)12-20-5-6-22(21(24)11-20)26-13-17(3)30-18(4)14-26;1-16(2)31(28,29)15-19-7-9-25(10-8-19)23(27)11-20-5-6-21(12-22(20)24)26-13-17(3)30-18(4)14-26;1-16(2)31(28,29)15-19-7-9-25(10-8-19)23(27)11-20-5-6-21(24)12-22(20)26-13-17(3)30-18(4)14-26;1-11(2)25(23,24)10-12-5-7-21(8-6-12)15(22)9-13-3-4-14(18)17(20)16(13)19/h6-7,12,17,19-21H,8-11,13-16H2,1-5H3;5-6,11,16-19H,7-10,12-15H2,1-4H3;2*5-6,12,16-19H,7-11,13-15H2,1-4H3;3-4,11-12H,5-10H2,1-2H3/t19-,20+;3*17-,18+;. The molecule has 5 amide bonds. The number of aryl methyl sites for hydroxylation is 1. The van der Waals surface area contributed by atoms with E-state index in [1.165, 1.54) is 28.8 Å². The number of amides is 5. The number of ether oxygens (including phenoxy) is 4. The van der Waals surface area contributed by atoms with Crippen LogP contribution >= 0.6 is 11.6 Å². The van der Waals surface area contributed by atoms with Crippen molar-refractivity contribution in [3.63, 3.8) is 0 Å². The van der Waals surface area contributed by atoms with Crippen LogP contribution in [0.2, 0.25) is 5.02 Å². The predicted molar refractivity (Wildman–Crippen MR) is 580 cm³/mol. The van der Waals surface area contributed by atoms with Crippen LogP contribution in [0.5, 0.6) is 0 Å². The Labute approximate surface area is 889 Å². The number of likely N-dealkylation sites (tertiary alicyclic amines) is 5. The summed E-state index contributed by atoms with van der Waals surface area (Å²) >= 11 is 6.57. The number of hydrogen-bond donors (Lipinski definition) is 0. The van der Waals surface area contributed by atoms with Gasteiger partial charge in [-0.3, -0.25) is 24.0 Å². The number of carbonyl (C=O) groups is 5. The molecule has 0 saturated carbocycles. The minimum atomic E-state index is -3.13. The molecule has 8 atom stereocenters. The van der Waals surface area contributed by atoms with E-state index < -0.39 is 71.9 Å². The molecule has 9 heterocycles. The second-order valence-corrected chi connectivity index (χ2v) is 57.7. The van der Waals surface area contributed by atoms with Crippen molar-refractivity contribution >= 4 is 113 Å². The van der Waals surface area contributed by atoms with Crippen molar-refractivity contribution in [2.75, 3.05) is 166 Å². The molecule has 9 aliphatic heterocycles. The Hall–Kier alpha value is -7.82. The lowest BCUT2D eigenvalue weighted by molar-refractivity contribution is -0.132. The number of sulfone groups is 5. The highest BCUT2D eigenvalue weighted by molar-refractivity contribution is 7.93. The molecule has 0 N–H and O–H groups in total. The van der Waals surface area contributed by atoms with Gasteiger partial charge in [-0.05, 0) is 308 Å². The fourth-order valence-electron chi connectivity index (χ4n) is 20.8. The lowest BCUT2D eigenvalue weighted by Gasteiger charge is -2.38. The van der Waals surface area contributed by atoms with Crippen LogP contribution in [0.15, 0.2) is 84.9 Å². The molecule has 5 aromatic rings. The lowest BCUT2D eigenvalue weighted by atomic mass is 9.97. The highest BCUT2D eigenvalue weighted by Crippen LogP contribution is 2.36. The zero-order valence-electron chi connectivity index (χ0n) is 90.9. The average Bonchev–Trinajstić information content (AvgIpc) is 0.818. The summed E-state index contributed by atoms with van der Waals surface area (Å²) < 4.78 is 213. The van der Waals surface area contributed by atoms with Gasteiger partial charge in [0.1, 0.15) is 11.6 Å². The third-order valence-electron chi connectivity index (χ3n) is 30.1. The van der Waals surface area contributed by atoms with Crippen LogP contribution < -0.4 is 19.6 Å². The number of rotatable bonds is 29. The Kier molecular flexibility index (Phi) is 45.4. The molecular formula is C110H165ClF5N9O19S5. The number of piperidine rings is 5. The molecule has 149 heavy (non-hydrogen) atoms. The molecule has 5 aromatic carbocycles. The number of carbonyl (C=O) groups excluding carboxylic acids is 5. The van der Waals surface area contributed by atoms with Gasteiger partial charge in [0.25, 0.3) is 0 Å². The van der Waals surface area contributed by atoms with E-state index in [2.05, 4.69) is 72.4 Å². The van der Waals surface area contributed by atoms with Gasteiger partial charge in [-0.2, -0.15) is 0 Å². The first-order valence-corrected chi connectivity index (χ1v) is 62.4. The fraction of sp³-hybridized carbons (Fsp3) is 0.682. The van der Waals surface area contributed by atoms with E-state index in [4.69, 9.17) is 30.5 Å². The van der Waals surface area contributed by atoms with Crippen molar-refractivity contribution in [1.82, 2.24) is 24.5 Å².